The molecule has 0 radical (unpaired) electrons. The van der Waals surface area contributed by atoms with Crippen LogP contribution in [0.2, 0.25) is 0 Å². The van der Waals surface area contributed by atoms with Crippen LogP contribution in [-0.4, -0.2) is 42.1 Å². The van der Waals surface area contributed by atoms with Gasteiger partial charge in [-0.2, -0.15) is 0 Å². The van der Waals surface area contributed by atoms with E-state index in [4.69, 9.17) is 0 Å². The number of aryl methyl sites for hydroxylation is 1. The van der Waals surface area contributed by atoms with Crippen molar-refractivity contribution in [2.45, 2.75) is 46.5 Å². The van der Waals surface area contributed by atoms with Gasteiger partial charge in [-0.15, -0.1) is 0 Å². The molecule has 0 fully saturated rings. The molecule has 2 N–H and O–H groups in total. The molecule has 0 atom stereocenters. The van der Waals surface area contributed by atoms with Gasteiger partial charge in [0.1, 0.15) is 17.5 Å². The molecule has 0 saturated carbocycles. The van der Waals surface area contributed by atoms with E-state index in [1.165, 1.54) is 16.8 Å². The third-order valence-electron chi connectivity index (χ3n) is 4.33. The zero-order chi connectivity index (χ0) is 19.3. The third kappa shape index (κ3) is 5.43. The van der Waals surface area contributed by atoms with Crippen molar-refractivity contribution in [3.05, 3.63) is 41.2 Å². The van der Waals surface area contributed by atoms with Crippen molar-refractivity contribution in [2.75, 3.05) is 37.8 Å². The van der Waals surface area contributed by atoms with Crippen molar-refractivity contribution in [2.24, 2.45) is 0 Å². The Bertz CT molecular complexity index is 696. The zero-order valence-electron chi connectivity index (χ0n) is 17.2. The van der Waals surface area contributed by atoms with Crippen LogP contribution in [-0.2, 0) is 0 Å². The van der Waals surface area contributed by atoms with Crippen molar-refractivity contribution < 1.29 is 0 Å². The van der Waals surface area contributed by atoms with Gasteiger partial charge in [0, 0.05) is 24.8 Å². The quantitative estimate of drug-likeness (QED) is 0.716. The molecule has 0 aliphatic rings. The Morgan fingerprint density at radius 3 is 2.08 bits per heavy atom. The Balaban J connectivity index is 2.32. The van der Waals surface area contributed by atoms with E-state index in [0.29, 0.717) is 11.8 Å². The Morgan fingerprint density at radius 1 is 0.962 bits per heavy atom. The summed E-state index contributed by atoms with van der Waals surface area (Å²) in [6, 6.07) is 8.53. The van der Waals surface area contributed by atoms with Crippen LogP contribution >= 0.6 is 0 Å². The second kappa shape index (κ2) is 8.99. The van der Waals surface area contributed by atoms with E-state index in [1.807, 2.05) is 13.0 Å². The van der Waals surface area contributed by atoms with Crippen molar-refractivity contribution in [3.8, 4) is 0 Å². The highest BCUT2D eigenvalue weighted by Gasteiger charge is 2.15. The summed E-state index contributed by atoms with van der Waals surface area (Å²) < 4.78 is 0. The number of nitrogens with one attached hydrogen (secondary N) is 2. The SMILES string of the molecule is Cc1nc(NCCN(C)C)cc(Nc2c(C(C)C)cccc2C(C)C)n1. The number of rotatable bonds is 8. The van der Waals surface area contributed by atoms with E-state index >= 15 is 0 Å². The average molecular weight is 356 g/mol. The minimum absolute atomic E-state index is 0.442. The van der Waals surface area contributed by atoms with Crippen LogP contribution in [0, 0.1) is 6.92 Å². The fourth-order valence-electron chi connectivity index (χ4n) is 2.95. The predicted octanol–water partition coefficient (Wildman–Crippen LogP) is 4.75. The van der Waals surface area contributed by atoms with Crippen molar-refractivity contribution >= 4 is 17.3 Å². The van der Waals surface area contributed by atoms with Crippen LogP contribution < -0.4 is 10.6 Å². The molecule has 1 heterocycles. The van der Waals surface area contributed by atoms with E-state index in [0.717, 1.165) is 30.5 Å². The highest BCUT2D eigenvalue weighted by Crippen LogP contribution is 2.34. The summed E-state index contributed by atoms with van der Waals surface area (Å²) >= 11 is 0. The summed E-state index contributed by atoms with van der Waals surface area (Å²) in [5, 5.41) is 6.97. The van der Waals surface area contributed by atoms with Crippen LogP contribution in [0.1, 0.15) is 56.5 Å². The lowest BCUT2D eigenvalue weighted by molar-refractivity contribution is 0.425. The maximum Gasteiger partial charge on any atom is 0.136 e. The first-order valence-electron chi connectivity index (χ1n) is 9.42. The van der Waals surface area contributed by atoms with Crippen molar-refractivity contribution in [3.63, 3.8) is 0 Å². The highest BCUT2D eigenvalue weighted by atomic mass is 15.1. The van der Waals surface area contributed by atoms with Gasteiger partial charge in [0.15, 0.2) is 0 Å². The number of hydrogen-bond donors (Lipinski definition) is 2. The summed E-state index contributed by atoms with van der Waals surface area (Å²) in [4.78, 5) is 11.3. The molecule has 0 aliphatic carbocycles. The van der Waals surface area contributed by atoms with E-state index in [9.17, 15) is 0 Å². The second-order valence-corrected chi connectivity index (χ2v) is 7.66. The smallest absolute Gasteiger partial charge is 0.136 e. The molecule has 5 heteroatoms. The van der Waals surface area contributed by atoms with Gasteiger partial charge in [-0.1, -0.05) is 45.9 Å². The van der Waals surface area contributed by atoms with Crippen molar-refractivity contribution in [1.82, 2.24) is 14.9 Å². The molecule has 1 aromatic carbocycles. The second-order valence-electron chi connectivity index (χ2n) is 7.66. The topological polar surface area (TPSA) is 53.1 Å². The highest BCUT2D eigenvalue weighted by molar-refractivity contribution is 5.68. The molecule has 5 nitrogen and oxygen atoms in total. The van der Waals surface area contributed by atoms with E-state index in [2.05, 4.69) is 85.5 Å². The molecule has 0 amide bonds. The lowest BCUT2D eigenvalue weighted by Crippen LogP contribution is -2.21. The lowest BCUT2D eigenvalue weighted by Gasteiger charge is -2.21. The number of anilines is 3. The molecule has 0 spiro atoms. The summed E-state index contributed by atoms with van der Waals surface area (Å²) in [5.74, 6) is 3.33. The Kier molecular flexibility index (Phi) is 6.98. The average Bonchev–Trinajstić information content (AvgIpc) is 2.53. The van der Waals surface area contributed by atoms with E-state index in [-0.39, 0.29) is 0 Å². The first-order valence-corrected chi connectivity index (χ1v) is 9.42. The molecule has 0 unspecified atom stereocenters. The zero-order valence-corrected chi connectivity index (χ0v) is 17.2. The number of likely N-dealkylation sites (N-methyl/N-ethyl adjacent to an activating group) is 1. The van der Waals surface area contributed by atoms with E-state index in [1.54, 1.807) is 0 Å². The van der Waals surface area contributed by atoms with Gasteiger partial charge >= 0.3 is 0 Å². The maximum atomic E-state index is 4.60. The Morgan fingerprint density at radius 2 is 1.54 bits per heavy atom. The van der Waals surface area contributed by atoms with Crippen molar-refractivity contribution in [1.29, 1.82) is 0 Å². The monoisotopic (exact) mass is 355 g/mol. The molecule has 0 saturated heterocycles. The number of aromatic nitrogens is 2. The maximum absolute atomic E-state index is 4.60. The summed E-state index contributed by atoms with van der Waals surface area (Å²) in [6.45, 7) is 12.6. The lowest BCUT2D eigenvalue weighted by atomic mass is 9.92. The summed E-state index contributed by atoms with van der Waals surface area (Å²) in [5.41, 5.74) is 3.80. The molecule has 2 aromatic rings. The van der Waals surface area contributed by atoms with Crippen LogP contribution in [0.4, 0.5) is 17.3 Å². The first kappa shape index (κ1) is 20.2. The van der Waals surface area contributed by atoms with Gasteiger partial charge in [-0.05, 0) is 44.0 Å². The molecule has 1 aromatic heterocycles. The molecular formula is C21H33N5. The molecule has 26 heavy (non-hydrogen) atoms. The molecule has 142 valence electrons. The van der Waals surface area contributed by atoms with E-state index < -0.39 is 0 Å². The number of benzene rings is 1. The Hall–Kier alpha value is -2.14. The standard InChI is InChI=1S/C21H33N5/c1-14(2)17-9-8-10-18(15(3)4)21(17)25-20-13-19(23-16(5)24-20)22-11-12-26(6)7/h8-10,13-15H,11-12H2,1-7H3,(H2,22,23,24,25). The van der Waals surface area contributed by atoms with Gasteiger partial charge in [0.2, 0.25) is 0 Å². The van der Waals surface area contributed by atoms with Gasteiger partial charge in [0.25, 0.3) is 0 Å². The van der Waals surface area contributed by atoms with Crippen LogP contribution in [0.15, 0.2) is 24.3 Å². The minimum atomic E-state index is 0.442. The normalized spacial score (nSPS) is 11.5. The largest absolute Gasteiger partial charge is 0.369 e. The summed E-state index contributed by atoms with van der Waals surface area (Å²) in [7, 11) is 4.13. The fraction of sp³-hybridized carbons (Fsp3) is 0.524. The Labute approximate surface area is 158 Å². The predicted molar refractivity (Wildman–Crippen MR) is 112 cm³/mol. The molecule has 0 aliphatic heterocycles. The van der Waals surface area contributed by atoms with Crippen LogP contribution in [0.3, 0.4) is 0 Å². The molecular weight excluding hydrogens is 322 g/mol. The van der Waals surface area contributed by atoms with Crippen LogP contribution in [0.5, 0.6) is 0 Å². The van der Waals surface area contributed by atoms with Gasteiger partial charge in [-0.25, -0.2) is 9.97 Å². The molecule has 2 rings (SSSR count). The van der Waals surface area contributed by atoms with Crippen LogP contribution in [0.25, 0.3) is 0 Å². The first-order chi connectivity index (χ1) is 12.3. The number of hydrogen-bond acceptors (Lipinski definition) is 5. The van der Waals surface area contributed by atoms with Gasteiger partial charge in [0.05, 0.1) is 0 Å². The third-order valence-corrected chi connectivity index (χ3v) is 4.33. The van der Waals surface area contributed by atoms with Gasteiger partial charge in [-0.3, -0.25) is 0 Å². The number of para-hydroxylation sites is 1. The summed E-state index contributed by atoms with van der Waals surface area (Å²) in [6.07, 6.45) is 0. The molecule has 0 bridgehead atoms. The fourth-order valence-corrected chi connectivity index (χ4v) is 2.95. The minimum Gasteiger partial charge on any atom is -0.369 e. The van der Waals surface area contributed by atoms with Gasteiger partial charge < -0.3 is 15.5 Å². The number of nitrogens with zero attached hydrogens (tertiary/aromatic N) is 3.